The number of benzene rings is 1. The second kappa shape index (κ2) is 8.18. The minimum atomic E-state index is -0.108. The van der Waals surface area contributed by atoms with Crippen LogP contribution in [0.25, 0.3) is 0 Å². The number of carbonyl (C=O) groups is 1. The third-order valence-electron chi connectivity index (χ3n) is 4.51. The minimum Gasteiger partial charge on any atom is -0.454 e. The summed E-state index contributed by atoms with van der Waals surface area (Å²) in [6, 6.07) is 5.35. The van der Waals surface area contributed by atoms with Gasteiger partial charge in [-0.05, 0) is 25.0 Å². The van der Waals surface area contributed by atoms with E-state index in [1.807, 2.05) is 0 Å². The molecular formula is C18H22N4O4S. The molecule has 0 radical (unpaired) electrons. The van der Waals surface area contributed by atoms with E-state index in [9.17, 15) is 4.79 Å². The second-order valence-corrected chi connectivity index (χ2v) is 7.35. The van der Waals surface area contributed by atoms with E-state index in [1.165, 1.54) is 11.8 Å². The molecule has 27 heavy (non-hydrogen) atoms. The Morgan fingerprint density at radius 2 is 2.22 bits per heavy atom. The second-order valence-electron chi connectivity index (χ2n) is 6.40. The third-order valence-corrected chi connectivity index (χ3v) is 5.48. The maximum absolute atomic E-state index is 12.3. The lowest BCUT2D eigenvalue weighted by Gasteiger charge is -2.14. The SMILES string of the molecule is CCc1nnc(SCC(=O)Nc2ccc3c(c2)OCO3)n1CC1CCCO1. The Morgan fingerprint density at radius 3 is 3.04 bits per heavy atom. The summed E-state index contributed by atoms with van der Waals surface area (Å²) in [7, 11) is 0. The van der Waals surface area contributed by atoms with E-state index in [2.05, 4.69) is 27.0 Å². The third kappa shape index (κ3) is 4.19. The molecule has 2 aliphatic rings. The summed E-state index contributed by atoms with van der Waals surface area (Å²) in [4.78, 5) is 12.3. The van der Waals surface area contributed by atoms with Gasteiger partial charge in [-0.25, -0.2) is 0 Å². The number of anilines is 1. The van der Waals surface area contributed by atoms with Gasteiger partial charge in [0.15, 0.2) is 16.7 Å². The Labute approximate surface area is 161 Å². The maximum Gasteiger partial charge on any atom is 0.234 e. The zero-order valence-corrected chi connectivity index (χ0v) is 16.0. The molecule has 1 atom stereocenters. The fourth-order valence-corrected chi connectivity index (χ4v) is 3.93. The van der Waals surface area contributed by atoms with Gasteiger partial charge in [-0.15, -0.1) is 10.2 Å². The van der Waals surface area contributed by atoms with Crippen molar-refractivity contribution in [2.24, 2.45) is 0 Å². The van der Waals surface area contributed by atoms with Gasteiger partial charge in [0, 0.05) is 24.8 Å². The number of ether oxygens (including phenoxy) is 3. The lowest BCUT2D eigenvalue weighted by atomic mass is 10.2. The highest BCUT2D eigenvalue weighted by molar-refractivity contribution is 7.99. The maximum atomic E-state index is 12.3. The normalized spacial score (nSPS) is 18.0. The largest absolute Gasteiger partial charge is 0.454 e. The van der Waals surface area contributed by atoms with Crippen molar-refractivity contribution in [1.29, 1.82) is 0 Å². The van der Waals surface area contributed by atoms with Crippen LogP contribution in [0.5, 0.6) is 11.5 Å². The van der Waals surface area contributed by atoms with E-state index < -0.39 is 0 Å². The first-order valence-corrected chi connectivity index (χ1v) is 10.1. The quantitative estimate of drug-likeness (QED) is 0.727. The van der Waals surface area contributed by atoms with E-state index in [1.54, 1.807) is 18.2 Å². The summed E-state index contributed by atoms with van der Waals surface area (Å²) in [5, 5.41) is 12.1. The molecule has 1 N–H and O–H groups in total. The summed E-state index contributed by atoms with van der Waals surface area (Å²) in [6.45, 7) is 3.82. The van der Waals surface area contributed by atoms with E-state index >= 15 is 0 Å². The highest BCUT2D eigenvalue weighted by Gasteiger charge is 2.21. The van der Waals surface area contributed by atoms with Crippen molar-refractivity contribution in [2.45, 2.75) is 44.0 Å². The van der Waals surface area contributed by atoms with E-state index in [0.29, 0.717) is 17.2 Å². The molecule has 9 heteroatoms. The predicted molar refractivity (Wildman–Crippen MR) is 100 cm³/mol. The highest BCUT2D eigenvalue weighted by atomic mass is 32.2. The minimum absolute atomic E-state index is 0.108. The molecule has 3 heterocycles. The summed E-state index contributed by atoms with van der Waals surface area (Å²) in [5.74, 6) is 2.40. The summed E-state index contributed by atoms with van der Waals surface area (Å²) >= 11 is 1.39. The van der Waals surface area contributed by atoms with E-state index in [4.69, 9.17) is 14.2 Å². The predicted octanol–water partition coefficient (Wildman–Crippen LogP) is 2.48. The average molecular weight is 390 g/mol. The van der Waals surface area contributed by atoms with Crippen molar-refractivity contribution in [2.75, 3.05) is 24.5 Å². The average Bonchev–Trinajstić information content (AvgIpc) is 3.41. The van der Waals surface area contributed by atoms with Crippen molar-refractivity contribution >= 4 is 23.4 Å². The molecule has 1 amide bonds. The number of carbonyl (C=O) groups excluding carboxylic acids is 1. The van der Waals surface area contributed by atoms with E-state index in [0.717, 1.165) is 43.4 Å². The molecule has 8 nitrogen and oxygen atoms in total. The van der Waals surface area contributed by atoms with Gasteiger partial charge in [0.25, 0.3) is 0 Å². The van der Waals surface area contributed by atoms with Crippen LogP contribution in [0.4, 0.5) is 5.69 Å². The van der Waals surface area contributed by atoms with Crippen molar-refractivity contribution in [1.82, 2.24) is 14.8 Å². The Hall–Kier alpha value is -2.26. The number of rotatable bonds is 7. The van der Waals surface area contributed by atoms with Crippen molar-refractivity contribution in [3.63, 3.8) is 0 Å². The zero-order valence-electron chi connectivity index (χ0n) is 15.1. The fraction of sp³-hybridized carbons (Fsp3) is 0.500. The summed E-state index contributed by atoms with van der Waals surface area (Å²) < 4.78 is 18.4. The van der Waals surface area contributed by atoms with Crippen LogP contribution in [-0.4, -0.2) is 45.9 Å². The molecule has 1 aromatic carbocycles. The van der Waals surface area contributed by atoms with Crippen molar-refractivity contribution in [3.05, 3.63) is 24.0 Å². The smallest absolute Gasteiger partial charge is 0.234 e. The first-order valence-electron chi connectivity index (χ1n) is 9.09. The van der Waals surface area contributed by atoms with Gasteiger partial charge < -0.3 is 24.1 Å². The Bertz CT molecular complexity index is 820. The van der Waals surface area contributed by atoms with Crippen LogP contribution in [0.2, 0.25) is 0 Å². The lowest BCUT2D eigenvalue weighted by molar-refractivity contribution is -0.113. The topological polar surface area (TPSA) is 87.5 Å². The monoisotopic (exact) mass is 390 g/mol. The van der Waals surface area contributed by atoms with Crippen LogP contribution in [0.3, 0.4) is 0 Å². The van der Waals surface area contributed by atoms with Crippen LogP contribution in [0.1, 0.15) is 25.6 Å². The molecule has 0 saturated carbocycles. The van der Waals surface area contributed by atoms with Crippen LogP contribution < -0.4 is 14.8 Å². The van der Waals surface area contributed by atoms with Crippen LogP contribution >= 0.6 is 11.8 Å². The number of nitrogens with zero attached hydrogens (tertiary/aromatic N) is 3. The molecule has 4 rings (SSSR count). The van der Waals surface area contributed by atoms with Gasteiger partial charge in [-0.1, -0.05) is 18.7 Å². The number of amides is 1. The molecule has 1 unspecified atom stereocenters. The number of hydrogen-bond acceptors (Lipinski definition) is 7. The molecular weight excluding hydrogens is 368 g/mol. The number of aromatic nitrogens is 3. The standard InChI is InChI=1S/C18H22N4O4S/c1-2-16-20-21-18(22(16)9-13-4-3-7-24-13)27-10-17(23)19-12-5-6-14-15(8-12)26-11-25-14/h5-6,8,13H,2-4,7,9-11H2,1H3,(H,19,23). The molecule has 2 aliphatic heterocycles. The molecule has 1 aromatic heterocycles. The van der Waals surface area contributed by atoms with Gasteiger partial charge in [-0.3, -0.25) is 4.79 Å². The highest BCUT2D eigenvalue weighted by Crippen LogP contribution is 2.34. The molecule has 0 spiro atoms. The first kappa shape index (κ1) is 18.1. The number of fused-ring (bicyclic) bond motifs is 1. The van der Waals surface area contributed by atoms with Gasteiger partial charge in [0.1, 0.15) is 5.82 Å². The first-order chi connectivity index (χ1) is 13.2. The molecule has 1 fully saturated rings. The van der Waals surface area contributed by atoms with Crippen LogP contribution in [0.15, 0.2) is 23.4 Å². The molecule has 1 saturated heterocycles. The number of nitrogens with one attached hydrogen (secondary N) is 1. The van der Waals surface area contributed by atoms with Gasteiger partial charge in [0.05, 0.1) is 18.4 Å². The fourth-order valence-electron chi connectivity index (χ4n) is 3.16. The van der Waals surface area contributed by atoms with Gasteiger partial charge in [-0.2, -0.15) is 0 Å². The molecule has 144 valence electrons. The van der Waals surface area contributed by atoms with Crippen molar-refractivity contribution < 1.29 is 19.0 Å². The van der Waals surface area contributed by atoms with Crippen LogP contribution in [0, 0.1) is 0 Å². The van der Waals surface area contributed by atoms with Gasteiger partial charge in [0.2, 0.25) is 12.7 Å². The molecule has 2 aromatic rings. The summed E-state index contributed by atoms with van der Waals surface area (Å²) in [6.07, 6.45) is 3.14. The van der Waals surface area contributed by atoms with Crippen LogP contribution in [-0.2, 0) is 22.5 Å². The number of aryl methyl sites for hydroxylation is 1. The number of hydrogen-bond donors (Lipinski definition) is 1. The van der Waals surface area contributed by atoms with Gasteiger partial charge >= 0.3 is 0 Å². The number of thioether (sulfide) groups is 1. The Balaban J connectivity index is 1.36. The molecule has 0 aliphatic carbocycles. The van der Waals surface area contributed by atoms with Crippen molar-refractivity contribution in [3.8, 4) is 11.5 Å². The molecule has 0 bridgehead atoms. The summed E-state index contributed by atoms with van der Waals surface area (Å²) in [5.41, 5.74) is 0.680. The zero-order chi connectivity index (χ0) is 18.6. The lowest BCUT2D eigenvalue weighted by Crippen LogP contribution is -2.19. The van der Waals surface area contributed by atoms with E-state index in [-0.39, 0.29) is 24.6 Å². The Kier molecular flexibility index (Phi) is 5.49. The Morgan fingerprint density at radius 1 is 1.33 bits per heavy atom.